The Balaban J connectivity index is 2.03. The van der Waals surface area contributed by atoms with Gasteiger partial charge in [0.1, 0.15) is 5.82 Å². The van der Waals surface area contributed by atoms with Gasteiger partial charge in [0.05, 0.1) is 12.6 Å². The predicted molar refractivity (Wildman–Crippen MR) is 107 cm³/mol. The summed E-state index contributed by atoms with van der Waals surface area (Å²) in [6.45, 7) is 2.83. The lowest BCUT2D eigenvalue weighted by atomic mass is 10.1. The molecule has 0 aliphatic heterocycles. The van der Waals surface area contributed by atoms with E-state index >= 15 is 0 Å². The summed E-state index contributed by atoms with van der Waals surface area (Å²) in [4.78, 5) is 6.25. The molecule has 0 radical (unpaired) electrons. The zero-order chi connectivity index (χ0) is 19.3. The number of nitrogens with one attached hydrogen (secondary N) is 1. The topological polar surface area (TPSA) is 53.6 Å². The fourth-order valence-corrected chi connectivity index (χ4v) is 3.13. The molecule has 26 heavy (non-hydrogen) atoms. The number of hydrogen-bond donors (Lipinski definition) is 2. The first-order chi connectivity index (χ1) is 12.3. The molecule has 1 atom stereocenters. The van der Waals surface area contributed by atoms with Crippen LogP contribution in [0.4, 0.5) is 4.39 Å². The molecule has 0 heterocycles. The van der Waals surface area contributed by atoms with Gasteiger partial charge in [-0.2, -0.15) is 0 Å². The average Bonchev–Trinajstić information content (AvgIpc) is 2.55. The molecule has 7 heteroatoms. The Bertz CT molecular complexity index is 793. The molecule has 0 aromatic heterocycles. The van der Waals surface area contributed by atoms with Crippen molar-refractivity contribution in [3.05, 3.63) is 69.0 Å². The Labute approximate surface area is 163 Å². The molecular weight excluding hydrogens is 374 g/mol. The molecular formula is C19H23Cl2FN4. The van der Waals surface area contributed by atoms with Crippen LogP contribution in [0, 0.1) is 5.82 Å². The fourth-order valence-electron chi connectivity index (χ4n) is 2.56. The summed E-state index contributed by atoms with van der Waals surface area (Å²) in [6.07, 6.45) is 0. The van der Waals surface area contributed by atoms with Crippen LogP contribution in [0.25, 0.3) is 0 Å². The summed E-state index contributed by atoms with van der Waals surface area (Å²) < 4.78 is 13.8. The molecule has 0 amide bonds. The standard InChI is InChI=1S/C19H23Cl2FN4/c1-12(16-6-5-15(20)9-17(16)21)25-19(23)24-10-13-4-7-18(22)14(8-13)11-26(2)3/h4-9,12H,10-11H2,1-3H3,(H3,23,24,25). The van der Waals surface area contributed by atoms with E-state index in [1.807, 2.05) is 38.1 Å². The number of nitrogens with zero attached hydrogens (tertiary/aromatic N) is 2. The summed E-state index contributed by atoms with van der Waals surface area (Å²) in [5, 5.41) is 4.25. The molecule has 140 valence electrons. The van der Waals surface area contributed by atoms with Crippen LogP contribution < -0.4 is 11.1 Å². The van der Waals surface area contributed by atoms with Crippen LogP contribution in [-0.4, -0.2) is 25.0 Å². The SMILES string of the molecule is CC(NC(N)=NCc1ccc(F)c(CN(C)C)c1)c1ccc(Cl)cc1Cl. The second kappa shape index (κ2) is 9.21. The van der Waals surface area contributed by atoms with Crippen LogP contribution >= 0.6 is 23.2 Å². The van der Waals surface area contributed by atoms with E-state index in [2.05, 4.69) is 10.3 Å². The van der Waals surface area contributed by atoms with Gasteiger partial charge in [-0.3, -0.25) is 0 Å². The Morgan fingerprint density at radius 2 is 1.96 bits per heavy atom. The van der Waals surface area contributed by atoms with Crippen LogP contribution in [0.1, 0.15) is 29.7 Å². The largest absolute Gasteiger partial charge is 0.370 e. The van der Waals surface area contributed by atoms with Crippen molar-refractivity contribution in [2.75, 3.05) is 14.1 Å². The van der Waals surface area contributed by atoms with Crippen molar-refractivity contribution in [3.8, 4) is 0 Å². The lowest BCUT2D eigenvalue weighted by Crippen LogP contribution is -2.34. The minimum Gasteiger partial charge on any atom is -0.370 e. The number of hydrogen-bond acceptors (Lipinski definition) is 2. The van der Waals surface area contributed by atoms with Gasteiger partial charge in [0.15, 0.2) is 5.96 Å². The highest BCUT2D eigenvalue weighted by molar-refractivity contribution is 6.35. The van der Waals surface area contributed by atoms with Crippen LogP contribution in [-0.2, 0) is 13.1 Å². The number of benzene rings is 2. The normalized spacial score (nSPS) is 13.1. The van der Waals surface area contributed by atoms with E-state index in [1.165, 1.54) is 6.07 Å². The van der Waals surface area contributed by atoms with Gasteiger partial charge >= 0.3 is 0 Å². The lowest BCUT2D eigenvalue weighted by molar-refractivity contribution is 0.392. The Hall–Kier alpha value is -1.82. The van der Waals surface area contributed by atoms with Crippen LogP contribution in [0.5, 0.6) is 0 Å². The van der Waals surface area contributed by atoms with Gasteiger partial charge in [0.2, 0.25) is 0 Å². The smallest absolute Gasteiger partial charge is 0.189 e. The molecule has 0 bridgehead atoms. The van der Waals surface area contributed by atoms with Gasteiger partial charge in [0, 0.05) is 22.2 Å². The minimum atomic E-state index is -0.219. The second-order valence-electron chi connectivity index (χ2n) is 6.40. The molecule has 2 rings (SSSR count). The van der Waals surface area contributed by atoms with E-state index < -0.39 is 0 Å². The van der Waals surface area contributed by atoms with Gasteiger partial charge < -0.3 is 16.0 Å². The third-order valence-electron chi connectivity index (χ3n) is 3.82. The molecule has 2 aromatic carbocycles. The molecule has 0 aliphatic rings. The maximum atomic E-state index is 13.8. The molecule has 4 nitrogen and oxygen atoms in total. The summed E-state index contributed by atoms with van der Waals surface area (Å²) >= 11 is 12.1. The quantitative estimate of drug-likeness (QED) is 0.563. The average molecular weight is 397 g/mol. The molecule has 2 aromatic rings. The van der Waals surface area contributed by atoms with E-state index in [0.717, 1.165) is 11.1 Å². The first-order valence-corrected chi connectivity index (χ1v) is 8.95. The monoisotopic (exact) mass is 396 g/mol. The van der Waals surface area contributed by atoms with E-state index in [1.54, 1.807) is 18.2 Å². The maximum Gasteiger partial charge on any atom is 0.189 e. The first kappa shape index (κ1) is 20.5. The fraction of sp³-hybridized carbons (Fsp3) is 0.316. The predicted octanol–water partition coefficient (Wildman–Crippen LogP) is 4.36. The zero-order valence-corrected chi connectivity index (χ0v) is 16.6. The Morgan fingerprint density at radius 1 is 1.23 bits per heavy atom. The minimum absolute atomic E-state index is 0.124. The summed E-state index contributed by atoms with van der Waals surface area (Å²) in [5.74, 6) is 0.0746. The van der Waals surface area contributed by atoms with Crippen molar-refractivity contribution in [1.29, 1.82) is 0 Å². The van der Waals surface area contributed by atoms with E-state index in [-0.39, 0.29) is 11.9 Å². The zero-order valence-electron chi connectivity index (χ0n) is 15.1. The van der Waals surface area contributed by atoms with Crippen molar-refractivity contribution < 1.29 is 4.39 Å². The maximum absolute atomic E-state index is 13.8. The van der Waals surface area contributed by atoms with E-state index in [4.69, 9.17) is 28.9 Å². The summed E-state index contributed by atoms with van der Waals surface area (Å²) in [6, 6.07) is 10.2. The third-order valence-corrected chi connectivity index (χ3v) is 4.38. The van der Waals surface area contributed by atoms with Crippen LogP contribution in [0.15, 0.2) is 41.4 Å². The molecule has 3 N–H and O–H groups in total. The molecule has 0 fully saturated rings. The van der Waals surface area contributed by atoms with Crippen molar-refractivity contribution in [1.82, 2.24) is 10.2 Å². The summed E-state index contributed by atoms with van der Waals surface area (Å²) in [5.41, 5.74) is 8.38. The third kappa shape index (κ3) is 5.87. The van der Waals surface area contributed by atoms with Gasteiger partial charge in [-0.25, -0.2) is 9.38 Å². The molecule has 0 aliphatic carbocycles. The Kier molecular flexibility index (Phi) is 7.26. The Morgan fingerprint density at radius 3 is 2.62 bits per heavy atom. The van der Waals surface area contributed by atoms with Crippen molar-refractivity contribution in [2.45, 2.75) is 26.1 Å². The number of nitrogens with two attached hydrogens (primary N) is 1. The first-order valence-electron chi connectivity index (χ1n) is 8.19. The molecule has 1 unspecified atom stereocenters. The van der Waals surface area contributed by atoms with E-state index in [0.29, 0.717) is 34.7 Å². The molecule has 0 saturated carbocycles. The second-order valence-corrected chi connectivity index (χ2v) is 7.24. The van der Waals surface area contributed by atoms with Crippen LogP contribution in [0.3, 0.4) is 0 Å². The van der Waals surface area contributed by atoms with E-state index in [9.17, 15) is 4.39 Å². The highest BCUT2D eigenvalue weighted by atomic mass is 35.5. The summed E-state index contributed by atoms with van der Waals surface area (Å²) in [7, 11) is 3.80. The van der Waals surface area contributed by atoms with Crippen molar-refractivity contribution in [3.63, 3.8) is 0 Å². The van der Waals surface area contributed by atoms with Crippen molar-refractivity contribution >= 4 is 29.2 Å². The highest BCUT2D eigenvalue weighted by Gasteiger charge is 2.11. The van der Waals surface area contributed by atoms with Gasteiger partial charge in [-0.1, -0.05) is 35.3 Å². The van der Waals surface area contributed by atoms with Gasteiger partial charge in [-0.05, 0) is 56.4 Å². The highest BCUT2D eigenvalue weighted by Crippen LogP contribution is 2.25. The lowest BCUT2D eigenvalue weighted by Gasteiger charge is -2.16. The molecule has 0 saturated heterocycles. The number of guanidine groups is 1. The van der Waals surface area contributed by atoms with Gasteiger partial charge in [0.25, 0.3) is 0 Å². The number of aliphatic imine (C=N–C) groups is 1. The number of rotatable bonds is 6. The molecule has 0 spiro atoms. The van der Waals surface area contributed by atoms with Crippen molar-refractivity contribution in [2.24, 2.45) is 10.7 Å². The van der Waals surface area contributed by atoms with Crippen LogP contribution in [0.2, 0.25) is 10.0 Å². The number of halogens is 3. The van der Waals surface area contributed by atoms with Gasteiger partial charge in [-0.15, -0.1) is 0 Å².